The lowest BCUT2D eigenvalue weighted by Crippen LogP contribution is -2.55. The van der Waals surface area contributed by atoms with E-state index in [2.05, 4.69) is 23.7 Å². The standard InChI is InChI=1S/C26H33N5O3/c1-4-6-12-34-22-11-10-17(16(3)32)13-20(22)25-27-23-21(5-2)31(29-24(23)26(33)28-25)19-14-30(15-19)18-8-7-9-18/h10-11,13,18-19H,4-9,12,14-15H2,1-3H3,(H,27,28,33). The molecular weight excluding hydrogens is 430 g/mol. The van der Waals surface area contributed by atoms with Crippen LogP contribution in [0.4, 0.5) is 0 Å². The Bertz CT molecular complexity index is 1270. The van der Waals surface area contributed by atoms with Crippen LogP contribution in [-0.4, -0.2) is 56.2 Å². The second kappa shape index (κ2) is 9.33. The summed E-state index contributed by atoms with van der Waals surface area (Å²) >= 11 is 0. The zero-order chi connectivity index (χ0) is 23.8. The van der Waals surface area contributed by atoms with E-state index < -0.39 is 0 Å². The van der Waals surface area contributed by atoms with Crippen LogP contribution in [0.5, 0.6) is 5.75 Å². The predicted octanol–water partition coefficient (Wildman–Crippen LogP) is 4.14. The third-order valence-electron chi connectivity index (χ3n) is 7.21. The second-order valence-corrected chi connectivity index (χ2v) is 9.52. The van der Waals surface area contributed by atoms with Gasteiger partial charge in [-0.2, -0.15) is 5.10 Å². The third-order valence-corrected chi connectivity index (χ3v) is 7.21. The second-order valence-electron chi connectivity index (χ2n) is 9.52. The number of H-pyrrole nitrogens is 1. The zero-order valence-corrected chi connectivity index (χ0v) is 20.3. The number of fused-ring (bicyclic) bond motifs is 1. The number of ether oxygens (including phenoxy) is 1. The maximum atomic E-state index is 13.1. The number of aromatic amines is 1. The van der Waals surface area contributed by atoms with E-state index in [0.717, 1.165) is 44.1 Å². The fourth-order valence-corrected chi connectivity index (χ4v) is 4.88. The summed E-state index contributed by atoms with van der Waals surface area (Å²) in [6, 6.07) is 6.30. The van der Waals surface area contributed by atoms with Crippen LogP contribution in [0, 0.1) is 0 Å². The van der Waals surface area contributed by atoms with E-state index in [9.17, 15) is 9.59 Å². The van der Waals surface area contributed by atoms with Gasteiger partial charge in [-0.15, -0.1) is 0 Å². The van der Waals surface area contributed by atoms with Crippen molar-refractivity contribution in [3.63, 3.8) is 0 Å². The number of carbonyl (C=O) groups is 1. The number of Topliss-reactive ketones (excluding diaryl/α,β-unsaturated/α-hetero) is 1. The lowest BCUT2D eigenvalue weighted by Gasteiger charge is -2.48. The molecule has 180 valence electrons. The number of unbranched alkanes of at least 4 members (excludes halogenated alkanes) is 1. The van der Waals surface area contributed by atoms with Gasteiger partial charge in [0.25, 0.3) is 5.56 Å². The minimum atomic E-state index is -0.267. The SMILES string of the molecule is CCCCOc1ccc(C(C)=O)cc1-c1nc2c(CC)n(C3CN(C4CCC4)C3)nc2c(=O)[nH]1. The van der Waals surface area contributed by atoms with E-state index in [1.807, 2.05) is 4.68 Å². The van der Waals surface area contributed by atoms with E-state index in [4.69, 9.17) is 14.8 Å². The molecule has 2 fully saturated rings. The summed E-state index contributed by atoms with van der Waals surface area (Å²) in [6.45, 7) is 8.23. The summed E-state index contributed by atoms with van der Waals surface area (Å²) in [6.07, 6.45) is 6.58. The maximum absolute atomic E-state index is 13.1. The zero-order valence-electron chi connectivity index (χ0n) is 20.3. The molecule has 1 aromatic carbocycles. The van der Waals surface area contributed by atoms with Crippen molar-refractivity contribution in [2.45, 2.75) is 71.4 Å². The Morgan fingerprint density at radius 1 is 1.18 bits per heavy atom. The topological polar surface area (TPSA) is 93.1 Å². The summed E-state index contributed by atoms with van der Waals surface area (Å²) < 4.78 is 8.02. The van der Waals surface area contributed by atoms with E-state index in [1.165, 1.54) is 26.2 Å². The number of nitrogens with one attached hydrogen (secondary N) is 1. The van der Waals surface area contributed by atoms with Gasteiger partial charge in [0.15, 0.2) is 11.3 Å². The van der Waals surface area contributed by atoms with Crippen molar-refractivity contribution in [1.82, 2.24) is 24.6 Å². The highest BCUT2D eigenvalue weighted by atomic mass is 16.5. The minimum absolute atomic E-state index is 0.0483. The molecular formula is C26H33N5O3. The summed E-state index contributed by atoms with van der Waals surface area (Å²) in [4.78, 5) is 35.5. The summed E-state index contributed by atoms with van der Waals surface area (Å²) in [7, 11) is 0. The Kier molecular flexibility index (Phi) is 6.25. The fourth-order valence-electron chi connectivity index (χ4n) is 4.88. The van der Waals surface area contributed by atoms with Gasteiger partial charge in [0.1, 0.15) is 17.1 Å². The molecule has 3 aromatic rings. The highest BCUT2D eigenvalue weighted by Gasteiger charge is 2.37. The number of rotatable bonds is 9. The molecule has 1 saturated heterocycles. The first-order chi connectivity index (χ1) is 16.5. The van der Waals surface area contributed by atoms with Gasteiger partial charge < -0.3 is 9.72 Å². The van der Waals surface area contributed by atoms with Crippen LogP contribution >= 0.6 is 0 Å². The lowest BCUT2D eigenvalue weighted by molar-refractivity contribution is 0.0173. The molecule has 8 nitrogen and oxygen atoms in total. The highest BCUT2D eigenvalue weighted by Crippen LogP contribution is 2.35. The molecule has 1 saturated carbocycles. The van der Waals surface area contributed by atoms with Crippen LogP contribution in [0.2, 0.25) is 0 Å². The molecule has 8 heteroatoms. The summed E-state index contributed by atoms with van der Waals surface area (Å²) in [5.41, 5.74) is 2.90. The molecule has 0 amide bonds. The number of carbonyl (C=O) groups excluding carboxylic acids is 1. The lowest BCUT2D eigenvalue weighted by atomic mass is 9.88. The molecule has 0 bridgehead atoms. The molecule has 1 N–H and O–H groups in total. The normalized spacial score (nSPS) is 17.0. The van der Waals surface area contributed by atoms with Crippen LogP contribution in [0.3, 0.4) is 0 Å². The molecule has 5 rings (SSSR count). The largest absolute Gasteiger partial charge is 0.493 e. The van der Waals surface area contributed by atoms with Gasteiger partial charge >= 0.3 is 0 Å². The van der Waals surface area contributed by atoms with Crippen LogP contribution in [0.25, 0.3) is 22.4 Å². The van der Waals surface area contributed by atoms with Gasteiger partial charge in [0, 0.05) is 24.7 Å². The quantitative estimate of drug-likeness (QED) is 0.379. The van der Waals surface area contributed by atoms with E-state index in [0.29, 0.717) is 40.3 Å². The van der Waals surface area contributed by atoms with Crippen LogP contribution in [0.15, 0.2) is 23.0 Å². The highest BCUT2D eigenvalue weighted by molar-refractivity contribution is 5.95. The fraction of sp³-hybridized carbons (Fsp3) is 0.538. The Morgan fingerprint density at radius 3 is 2.62 bits per heavy atom. The van der Waals surface area contributed by atoms with Gasteiger partial charge in [-0.05, 0) is 50.8 Å². The molecule has 2 aliphatic rings. The van der Waals surface area contributed by atoms with Crippen LogP contribution in [0.1, 0.15) is 75.0 Å². The number of hydrogen-bond donors (Lipinski definition) is 1. The Morgan fingerprint density at radius 2 is 1.97 bits per heavy atom. The first kappa shape index (κ1) is 22.8. The molecule has 0 spiro atoms. The molecule has 3 heterocycles. The van der Waals surface area contributed by atoms with E-state index in [1.54, 1.807) is 18.2 Å². The van der Waals surface area contributed by atoms with Crippen molar-refractivity contribution >= 4 is 16.8 Å². The number of hydrogen-bond acceptors (Lipinski definition) is 6. The monoisotopic (exact) mass is 463 g/mol. The Hall–Kier alpha value is -3.00. The van der Waals surface area contributed by atoms with Crippen LogP contribution < -0.4 is 10.3 Å². The Balaban J connectivity index is 1.54. The molecule has 34 heavy (non-hydrogen) atoms. The molecule has 1 aliphatic heterocycles. The van der Waals surface area contributed by atoms with Gasteiger partial charge in [-0.3, -0.25) is 19.2 Å². The van der Waals surface area contributed by atoms with Crippen LogP contribution in [-0.2, 0) is 6.42 Å². The first-order valence-corrected chi connectivity index (χ1v) is 12.5. The van der Waals surface area contributed by atoms with Crippen molar-refractivity contribution in [3.8, 4) is 17.1 Å². The van der Waals surface area contributed by atoms with Crippen molar-refractivity contribution < 1.29 is 9.53 Å². The molecule has 0 unspecified atom stereocenters. The number of benzene rings is 1. The van der Waals surface area contributed by atoms with Gasteiger partial charge in [0.05, 0.1) is 23.9 Å². The van der Waals surface area contributed by atoms with Crippen molar-refractivity contribution in [2.75, 3.05) is 19.7 Å². The molecule has 2 aromatic heterocycles. The number of ketones is 1. The average Bonchev–Trinajstić information content (AvgIpc) is 3.13. The van der Waals surface area contributed by atoms with Gasteiger partial charge in [-0.25, -0.2) is 4.98 Å². The van der Waals surface area contributed by atoms with Gasteiger partial charge in [-0.1, -0.05) is 26.7 Å². The smallest absolute Gasteiger partial charge is 0.279 e. The number of aromatic nitrogens is 4. The summed E-state index contributed by atoms with van der Waals surface area (Å²) in [5, 5.41) is 4.70. The number of aryl methyl sites for hydroxylation is 1. The average molecular weight is 464 g/mol. The van der Waals surface area contributed by atoms with E-state index in [-0.39, 0.29) is 17.4 Å². The van der Waals surface area contributed by atoms with Crippen molar-refractivity contribution in [2.24, 2.45) is 0 Å². The third kappa shape index (κ3) is 4.04. The molecule has 1 aliphatic carbocycles. The minimum Gasteiger partial charge on any atom is -0.493 e. The predicted molar refractivity (Wildman–Crippen MR) is 132 cm³/mol. The first-order valence-electron chi connectivity index (χ1n) is 12.5. The van der Waals surface area contributed by atoms with E-state index >= 15 is 0 Å². The number of likely N-dealkylation sites (tertiary alicyclic amines) is 1. The van der Waals surface area contributed by atoms with Gasteiger partial charge in [0.2, 0.25) is 0 Å². The van der Waals surface area contributed by atoms with Crippen molar-refractivity contribution in [1.29, 1.82) is 0 Å². The Labute approximate surface area is 199 Å². The summed E-state index contributed by atoms with van der Waals surface area (Å²) in [5.74, 6) is 0.973. The molecule has 0 radical (unpaired) electrons. The van der Waals surface area contributed by atoms with Crippen molar-refractivity contribution in [3.05, 3.63) is 39.8 Å². The molecule has 0 atom stereocenters. The maximum Gasteiger partial charge on any atom is 0.279 e. The number of nitrogens with zero attached hydrogens (tertiary/aromatic N) is 4.